The van der Waals surface area contributed by atoms with E-state index in [2.05, 4.69) is 0 Å². The molecule has 172 valence electrons. The molecule has 1 aliphatic carbocycles. The average Bonchev–Trinajstić information content (AvgIpc) is 3.43. The fraction of sp³-hybridized carbons (Fsp3) is 0.500. The average molecular weight is 441 g/mol. The van der Waals surface area contributed by atoms with E-state index in [0.29, 0.717) is 32.6 Å². The number of nitrogens with zero attached hydrogens (tertiary/aromatic N) is 2. The molecule has 1 amide bonds. The van der Waals surface area contributed by atoms with Gasteiger partial charge in [0.05, 0.1) is 24.7 Å². The molecule has 1 atom stereocenters. The lowest BCUT2D eigenvalue weighted by atomic mass is 9.77. The Labute approximate surface area is 189 Å². The van der Waals surface area contributed by atoms with E-state index < -0.39 is 11.0 Å². The summed E-state index contributed by atoms with van der Waals surface area (Å²) in [7, 11) is 3.59. The van der Waals surface area contributed by atoms with Crippen molar-refractivity contribution in [2.45, 2.75) is 49.7 Å². The van der Waals surface area contributed by atoms with Crippen molar-refractivity contribution in [3.63, 3.8) is 0 Å². The van der Waals surface area contributed by atoms with Crippen LogP contribution in [0.4, 0.5) is 4.39 Å². The van der Waals surface area contributed by atoms with Crippen molar-refractivity contribution in [2.75, 3.05) is 33.8 Å². The van der Waals surface area contributed by atoms with E-state index in [0.717, 1.165) is 42.6 Å². The third-order valence-electron chi connectivity index (χ3n) is 7.06. The molecule has 4 rings (SSSR count). The van der Waals surface area contributed by atoms with Crippen LogP contribution in [0, 0.1) is 5.82 Å². The van der Waals surface area contributed by atoms with Crippen LogP contribution in [0.1, 0.15) is 43.2 Å². The minimum Gasteiger partial charge on any atom is -0.497 e. The minimum atomic E-state index is -0.940. The lowest BCUT2D eigenvalue weighted by Crippen LogP contribution is -2.48. The highest BCUT2D eigenvalue weighted by Gasteiger charge is 2.48. The lowest BCUT2D eigenvalue weighted by molar-refractivity contribution is -0.137. The van der Waals surface area contributed by atoms with Crippen molar-refractivity contribution in [2.24, 2.45) is 0 Å². The molecule has 0 radical (unpaired) electrons. The zero-order valence-corrected chi connectivity index (χ0v) is 19.0. The van der Waals surface area contributed by atoms with Gasteiger partial charge in [-0.2, -0.15) is 0 Å². The van der Waals surface area contributed by atoms with Gasteiger partial charge in [0.25, 0.3) is 0 Å². The number of carbonyl (C=O) groups excluding carboxylic acids is 1. The molecular weight excluding hydrogens is 407 g/mol. The summed E-state index contributed by atoms with van der Waals surface area (Å²) < 4.78 is 18.4. The van der Waals surface area contributed by atoms with Gasteiger partial charge in [0.2, 0.25) is 5.91 Å². The van der Waals surface area contributed by atoms with E-state index in [1.165, 1.54) is 12.1 Å². The third-order valence-corrected chi connectivity index (χ3v) is 7.06. The number of likely N-dealkylation sites (N-methyl/N-ethyl adjacent to an activating group) is 1. The number of methoxy groups -OCH3 is 1. The van der Waals surface area contributed by atoms with E-state index in [1.807, 2.05) is 41.1 Å². The number of carbonyl (C=O) groups is 1. The maximum Gasteiger partial charge on any atom is 0.233 e. The van der Waals surface area contributed by atoms with Crippen molar-refractivity contribution >= 4 is 5.91 Å². The number of halogens is 1. The fourth-order valence-electron chi connectivity index (χ4n) is 5.44. The second-order valence-electron chi connectivity index (χ2n) is 9.52. The van der Waals surface area contributed by atoms with Gasteiger partial charge >= 0.3 is 0 Å². The largest absolute Gasteiger partial charge is 0.497 e. The first-order valence-corrected chi connectivity index (χ1v) is 11.4. The van der Waals surface area contributed by atoms with Gasteiger partial charge in [-0.05, 0) is 61.7 Å². The summed E-state index contributed by atoms with van der Waals surface area (Å²) in [5.74, 6) is 0.670. The lowest BCUT2D eigenvalue weighted by Gasteiger charge is -2.34. The van der Waals surface area contributed by atoms with Gasteiger partial charge in [0, 0.05) is 19.6 Å². The number of ether oxygens (including phenoxy) is 1. The summed E-state index contributed by atoms with van der Waals surface area (Å²) in [5.41, 5.74) is 0.597. The number of likely N-dealkylation sites (tertiary alicyclic amines) is 1. The van der Waals surface area contributed by atoms with E-state index in [9.17, 15) is 14.3 Å². The molecule has 32 heavy (non-hydrogen) atoms. The van der Waals surface area contributed by atoms with Gasteiger partial charge in [-0.25, -0.2) is 4.39 Å². The number of amides is 1. The molecule has 6 heteroatoms. The Morgan fingerprint density at radius 3 is 2.38 bits per heavy atom. The summed E-state index contributed by atoms with van der Waals surface area (Å²) in [4.78, 5) is 17.7. The van der Waals surface area contributed by atoms with Crippen LogP contribution < -0.4 is 4.74 Å². The molecule has 2 aromatic rings. The highest BCUT2D eigenvalue weighted by molar-refractivity contribution is 5.89. The zero-order valence-electron chi connectivity index (χ0n) is 19.0. The predicted molar refractivity (Wildman–Crippen MR) is 122 cm³/mol. The van der Waals surface area contributed by atoms with Gasteiger partial charge in [-0.3, -0.25) is 9.69 Å². The molecule has 1 unspecified atom stereocenters. The van der Waals surface area contributed by atoms with Gasteiger partial charge in [-0.1, -0.05) is 37.1 Å². The number of rotatable bonds is 7. The topological polar surface area (TPSA) is 53.0 Å². The van der Waals surface area contributed by atoms with Gasteiger partial charge in [0.1, 0.15) is 11.6 Å². The Balaban J connectivity index is 1.43. The number of β-amino-alcohol motifs (C(OH)–C–C–N with tert-alkyl or cyclic N) is 1. The van der Waals surface area contributed by atoms with Gasteiger partial charge < -0.3 is 14.7 Å². The molecule has 2 fully saturated rings. The van der Waals surface area contributed by atoms with Crippen molar-refractivity contribution < 1.29 is 19.0 Å². The van der Waals surface area contributed by atoms with Crippen LogP contribution in [0.3, 0.4) is 0 Å². The summed E-state index contributed by atoms with van der Waals surface area (Å²) in [6.45, 7) is 1.99. The van der Waals surface area contributed by atoms with E-state index in [-0.39, 0.29) is 11.7 Å². The van der Waals surface area contributed by atoms with Crippen LogP contribution in [0.25, 0.3) is 0 Å². The Bertz CT molecular complexity index is 925. The maximum absolute atomic E-state index is 13.8. The predicted octanol–water partition coefficient (Wildman–Crippen LogP) is 3.74. The van der Waals surface area contributed by atoms with Crippen LogP contribution in [0.5, 0.6) is 5.75 Å². The fourth-order valence-corrected chi connectivity index (χ4v) is 5.44. The van der Waals surface area contributed by atoms with Crippen LogP contribution in [0.2, 0.25) is 0 Å². The van der Waals surface area contributed by atoms with Gasteiger partial charge in [0.15, 0.2) is 0 Å². The molecule has 1 saturated heterocycles. The quantitative estimate of drug-likeness (QED) is 0.713. The van der Waals surface area contributed by atoms with Gasteiger partial charge in [-0.15, -0.1) is 0 Å². The summed E-state index contributed by atoms with van der Waals surface area (Å²) >= 11 is 0. The van der Waals surface area contributed by atoms with Crippen LogP contribution in [-0.2, 0) is 16.8 Å². The van der Waals surface area contributed by atoms with Crippen LogP contribution >= 0.6 is 0 Å². The highest BCUT2D eigenvalue weighted by Crippen LogP contribution is 2.44. The molecule has 1 heterocycles. The zero-order chi connectivity index (χ0) is 22.8. The molecule has 1 N–H and O–H groups in total. The number of hydrogen-bond acceptors (Lipinski definition) is 4. The maximum atomic E-state index is 13.8. The molecular formula is C26H33FN2O3. The van der Waals surface area contributed by atoms with Crippen LogP contribution in [-0.4, -0.2) is 60.2 Å². The smallest absolute Gasteiger partial charge is 0.233 e. The van der Waals surface area contributed by atoms with Crippen molar-refractivity contribution in [3.05, 3.63) is 65.5 Å². The summed E-state index contributed by atoms with van der Waals surface area (Å²) in [5, 5.41) is 11.3. The Kier molecular flexibility index (Phi) is 6.54. The second-order valence-corrected chi connectivity index (χ2v) is 9.52. The molecule has 2 aliphatic rings. The standard InChI is InChI=1S/C26H33FN2O3/c1-28(17-20-5-9-22(27)10-6-20)18-25(31)15-16-29(19-25)24(30)26(13-3-4-14-26)21-7-11-23(32-2)12-8-21/h5-12,31H,3-4,13-19H2,1-2H3. The van der Waals surface area contributed by atoms with E-state index in [1.54, 1.807) is 19.2 Å². The monoisotopic (exact) mass is 440 g/mol. The molecule has 0 spiro atoms. The molecule has 5 nitrogen and oxygen atoms in total. The Morgan fingerprint density at radius 1 is 1.09 bits per heavy atom. The summed E-state index contributed by atoms with van der Waals surface area (Å²) in [6, 6.07) is 14.3. The van der Waals surface area contributed by atoms with Crippen molar-refractivity contribution in [1.29, 1.82) is 0 Å². The second kappa shape index (κ2) is 9.20. The first-order valence-electron chi connectivity index (χ1n) is 11.4. The van der Waals surface area contributed by atoms with Crippen molar-refractivity contribution in [3.8, 4) is 5.75 Å². The highest BCUT2D eigenvalue weighted by atomic mass is 19.1. The molecule has 0 aromatic heterocycles. The Morgan fingerprint density at radius 2 is 1.75 bits per heavy atom. The number of hydrogen-bond donors (Lipinski definition) is 1. The number of benzene rings is 2. The van der Waals surface area contributed by atoms with Crippen molar-refractivity contribution in [1.82, 2.24) is 9.80 Å². The van der Waals surface area contributed by atoms with E-state index >= 15 is 0 Å². The SMILES string of the molecule is COc1ccc(C2(C(=O)N3CCC(O)(CN(C)Cc4ccc(F)cc4)C3)CCCC2)cc1. The summed E-state index contributed by atoms with van der Waals surface area (Å²) in [6.07, 6.45) is 4.33. The first-order chi connectivity index (χ1) is 15.3. The minimum absolute atomic E-state index is 0.136. The molecule has 1 aliphatic heterocycles. The third kappa shape index (κ3) is 4.66. The van der Waals surface area contributed by atoms with E-state index in [4.69, 9.17) is 4.74 Å². The molecule has 0 bridgehead atoms. The first kappa shape index (κ1) is 22.7. The normalized spacial score (nSPS) is 22.5. The Hall–Kier alpha value is -2.44. The molecule has 2 aromatic carbocycles. The number of aliphatic hydroxyl groups is 1. The molecule has 1 saturated carbocycles. The van der Waals surface area contributed by atoms with Crippen LogP contribution in [0.15, 0.2) is 48.5 Å².